The Morgan fingerprint density at radius 3 is 2.63 bits per heavy atom. The van der Waals surface area contributed by atoms with Crippen LogP contribution < -0.4 is 0 Å². The number of carbonyl (C=O) groups is 2. The molecule has 1 aromatic heterocycles. The molecule has 1 N–H and O–H groups in total. The molecule has 19 heavy (non-hydrogen) atoms. The molecule has 0 saturated carbocycles. The zero-order valence-electron chi connectivity index (χ0n) is 11.5. The second-order valence-electron chi connectivity index (χ2n) is 3.93. The molecular formula is C14H17NO3S. The van der Waals surface area contributed by atoms with Gasteiger partial charge in [0, 0.05) is 18.2 Å². The summed E-state index contributed by atoms with van der Waals surface area (Å²) in [5.74, 6) is 6.00. The minimum absolute atomic E-state index is 0.0454. The lowest BCUT2D eigenvalue weighted by atomic mass is 10.1. The Morgan fingerprint density at radius 1 is 1.37 bits per heavy atom. The topological polar surface area (TPSA) is 59.2 Å². The minimum Gasteiger partial charge on any atom is -0.461 e. The Balaban J connectivity index is 2.91. The Labute approximate surface area is 117 Å². The van der Waals surface area contributed by atoms with Crippen molar-refractivity contribution in [3.8, 4) is 11.8 Å². The van der Waals surface area contributed by atoms with Crippen LogP contribution in [0.3, 0.4) is 0 Å². The van der Waals surface area contributed by atoms with Gasteiger partial charge in [-0.1, -0.05) is 23.6 Å². The summed E-state index contributed by atoms with van der Waals surface area (Å²) >= 11 is 1.17. The van der Waals surface area contributed by atoms with Gasteiger partial charge in [0.05, 0.1) is 12.4 Å². The van der Waals surface area contributed by atoms with E-state index in [1.807, 2.05) is 13.8 Å². The van der Waals surface area contributed by atoms with Crippen molar-refractivity contribution in [1.29, 1.82) is 0 Å². The molecule has 0 fully saturated rings. The molecule has 0 aliphatic carbocycles. The van der Waals surface area contributed by atoms with Crippen molar-refractivity contribution in [2.45, 2.75) is 27.7 Å². The number of thioether (sulfide) groups is 1. The van der Waals surface area contributed by atoms with Crippen LogP contribution in [0.5, 0.6) is 0 Å². The summed E-state index contributed by atoms with van der Waals surface area (Å²) in [6.45, 7) is 7.31. The minimum atomic E-state index is -0.366. The molecule has 0 saturated heterocycles. The van der Waals surface area contributed by atoms with E-state index in [9.17, 15) is 9.59 Å². The Morgan fingerprint density at radius 2 is 2.05 bits per heavy atom. The Hall–Kier alpha value is -1.67. The molecule has 102 valence electrons. The van der Waals surface area contributed by atoms with Gasteiger partial charge in [-0.25, -0.2) is 4.79 Å². The number of ether oxygens (including phenoxy) is 1. The summed E-state index contributed by atoms with van der Waals surface area (Å²) in [5, 5.41) is 0.0454. The average molecular weight is 279 g/mol. The van der Waals surface area contributed by atoms with Crippen molar-refractivity contribution >= 4 is 22.8 Å². The molecule has 0 aliphatic rings. The molecule has 0 unspecified atom stereocenters. The van der Waals surface area contributed by atoms with Crippen LogP contribution in [0, 0.1) is 25.7 Å². The average Bonchev–Trinajstić information content (AvgIpc) is 2.61. The SMILES string of the molecule is CCOC(=O)c1[nH]c(C)c(C#CCSC(C)=O)c1C. The van der Waals surface area contributed by atoms with Gasteiger partial charge < -0.3 is 9.72 Å². The van der Waals surface area contributed by atoms with Gasteiger partial charge in [-0.15, -0.1) is 0 Å². The van der Waals surface area contributed by atoms with Crippen LogP contribution >= 0.6 is 11.8 Å². The summed E-state index contributed by atoms with van der Waals surface area (Å²) < 4.78 is 4.97. The number of hydrogen-bond donors (Lipinski definition) is 1. The van der Waals surface area contributed by atoms with E-state index in [0.29, 0.717) is 18.1 Å². The molecule has 0 bridgehead atoms. The first-order valence-corrected chi connectivity index (χ1v) is 6.94. The van der Waals surface area contributed by atoms with Crippen molar-refractivity contribution in [3.05, 3.63) is 22.5 Å². The number of hydrogen-bond acceptors (Lipinski definition) is 4. The smallest absolute Gasteiger partial charge is 0.355 e. The zero-order valence-corrected chi connectivity index (χ0v) is 12.4. The van der Waals surface area contributed by atoms with Crippen LogP contribution in [0.2, 0.25) is 0 Å². The van der Waals surface area contributed by atoms with E-state index in [4.69, 9.17) is 4.74 Å². The lowest BCUT2D eigenvalue weighted by molar-refractivity contribution is -0.109. The van der Waals surface area contributed by atoms with Crippen molar-refractivity contribution < 1.29 is 14.3 Å². The van der Waals surface area contributed by atoms with E-state index in [1.54, 1.807) is 6.92 Å². The monoisotopic (exact) mass is 279 g/mol. The van der Waals surface area contributed by atoms with Gasteiger partial charge in [-0.3, -0.25) is 4.79 Å². The molecule has 1 rings (SSSR count). The first kappa shape index (κ1) is 15.4. The fourth-order valence-electron chi connectivity index (χ4n) is 1.61. The molecule has 4 nitrogen and oxygen atoms in total. The van der Waals surface area contributed by atoms with E-state index in [1.165, 1.54) is 18.7 Å². The Bertz CT molecular complexity index is 549. The predicted octanol–water partition coefficient (Wildman–Crippen LogP) is 2.44. The summed E-state index contributed by atoms with van der Waals surface area (Å²) in [4.78, 5) is 25.5. The summed E-state index contributed by atoms with van der Waals surface area (Å²) in [6.07, 6.45) is 0. The number of rotatable bonds is 3. The molecular weight excluding hydrogens is 262 g/mol. The number of aromatic nitrogens is 1. The lowest BCUT2D eigenvalue weighted by Crippen LogP contribution is -2.06. The number of carbonyl (C=O) groups excluding carboxylic acids is 2. The highest BCUT2D eigenvalue weighted by Gasteiger charge is 2.16. The van der Waals surface area contributed by atoms with Crippen molar-refractivity contribution in [1.82, 2.24) is 4.98 Å². The quantitative estimate of drug-likeness (QED) is 0.682. The molecule has 0 aliphatic heterocycles. The second kappa shape index (κ2) is 7.05. The van der Waals surface area contributed by atoms with E-state index < -0.39 is 0 Å². The first-order valence-electron chi connectivity index (χ1n) is 5.95. The third kappa shape index (κ3) is 4.18. The fraction of sp³-hybridized carbons (Fsp3) is 0.429. The highest BCUT2D eigenvalue weighted by Crippen LogP contribution is 2.17. The number of nitrogens with one attached hydrogen (secondary N) is 1. The lowest BCUT2D eigenvalue weighted by Gasteiger charge is -1.99. The van der Waals surface area contributed by atoms with Crippen LogP contribution in [0.15, 0.2) is 0 Å². The number of H-pyrrole nitrogens is 1. The van der Waals surface area contributed by atoms with Crippen molar-refractivity contribution in [2.75, 3.05) is 12.4 Å². The number of esters is 1. The third-order valence-corrected chi connectivity index (χ3v) is 3.17. The van der Waals surface area contributed by atoms with Crippen LogP contribution in [0.4, 0.5) is 0 Å². The number of aryl methyl sites for hydroxylation is 1. The van der Waals surface area contributed by atoms with Gasteiger partial charge in [-0.05, 0) is 26.3 Å². The van der Waals surface area contributed by atoms with E-state index >= 15 is 0 Å². The first-order chi connectivity index (χ1) is 8.97. The van der Waals surface area contributed by atoms with Crippen LogP contribution in [0.1, 0.15) is 41.2 Å². The van der Waals surface area contributed by atoms with Gasteiger partial charge >= 0.3 is 5.97 Å². The van der Waals surface area contributed by atoms with Crippen molar-refractivity contribution in [3.63, 3.8) is 0 Å². The van der Waals surface area contributed by atoms with Gasteiger partial charge in [0.1, 0.15) is 5.69 Å². The van der Waals surface area contributed by atoms with E-state index in [-0.39, 0.29) is 11.1 Å². The molecule has 0 radical (unpaired) electrons. The van der Waals surface area contributed by atoms with Crippen molar-refractivity contribution in [2.24, 2.45) is 0 Å². The van der Waals surface area contributed by atoms with Crippen LogP contribution in [0.25, 0.3) is 0 Å². The molecule has 1 heterocycles. The highest BCUT2D eigenvalue weighted by molar-refractivity contribution is 8.13. The fourth-order valence-corrected chi connectivity index (χ4v) is 1.95. The normalized spacial score (nSPS) is 9.68. The summed E-state index contributed by atoms with van der Waals surface area (Å²) in [7, 11) is 0. The van der Waals surface area contributed by atoms with Crippen LogP contribution in [-0.4, -0.2) is 28.4 Å². The summed E-state index contributed by atoms with van der Waals surface area (Å²) in [6, 6.07) is 0. The maximum absolute atomic E-state index is 11.7. The third-order valence-electron chi connectivity index (χ3n) is 2.48. The molecule has 0 spiro atoms. The standard InChI is InChI=1S/C14H17NO3S/c1-5-18-14(17)13-9(2)12(10(3)15-13)7-6-8-19-11(4)16/h15H,5,8H2,1-4H3. The van der Waals surface area contributed by atoms with Gasteiger partial charge in [-0.2, -0.15) is 0 Å². The highest BCUT2D eigenvalue weighted by atomic mass is 32.2. The number of aromatic amines is 1. The molecule has 0 aromatic carbocycles. The molecule has 5 heteroatoms. The maximum atomic E-state index is 11.7. The largest absolute Gasteiger partial charge is 0.461 e. The second-order valence-corrected chi connectivity index (χ2v) is 5.08. The maximum Gasteiger partial charge on any atom is 0.355 e. The Kier molecular flexibility index (Phi) is 5.71. The van der Waals surface area contributed by atoms with E-state index in [2.05, 4.69) is 16.8 Å². The van der Waals surface area contributed by atoms with E-state index in [0.717, 1.165) is 16.8 Å². The van der Waals surface area contributed by atoms with Gasteiger partial charge in [0.25, 0.3) is 0 Å². The van der Waals surface area contributed by atoms with Gasteiger partial charge in [0.2, 0.25) is 0 Å². The molecule has 0 atom stereocenters. The molecule has 1 aromatic rings. The summed E-state index contributed by atoms with van der Waals surface area (Å²) in [5.41, 5.74) is 2.87. The van der Waals surface area contributed by atoms with Gasteiger partial charge in [0.15, 0.2) is 5.12 Å². The zero-order chi connectivity index (χ0) is 14.4. The molecule has 0 amide bonds. The predicted molar refractivity (Wildman–Crippen MR) is 76.2 cm³/mol. The van der Waals surface area contributed by atoms with Crippen LogP contribution in [-0.2, 0) is 9.53 Å².